The summed E-state index contributed by atoms with van der Waals surface area (Å²) in [5.74, 6) is 1.64. The minimum atomic E-state index is 0.116. The molecule has 12 heteroatoms. The number of halogens is 1. The molecule has 3 N–H and O–H groups in total. The number of nitrogens with one attached hydrogen (secondary N) is 1. The molecule has 0 unspecified atom stereocenters. The Morgan fingerprint density at radius 3 is 2.56 bits per heavy atom. The maximum absolute atomic E-state index is 9.04. The SMILES string of the molecule is N#Cc1ncnc(NC2CCN(Cc3ccc(-n4c(-c5cccnc5N)nc5ccc(-c6cccc(Cl)c6)nc54)cc3)CC2)n1. The number of nitrogen functional groups attached to an aromatic ring is 1. The Labute approximate surface area is 264 Å². The van der Waals surface area contributed by atoms with Gasteiger partial charge in [-0.25, -0.2) is 24.9 Å². The van der Waals surface area contributed by atoms with Gasteiger partial charge in [0.15, 0.2) is 11.5 Å². The first-order chi connectivity index (χ1) is 22.0. The number of nitrogens with two attached hydrogens (primary N) is 1. The molecule has 2 aromatic carbocycles. The largest absolute Gasteiger partial charge is 0.383 e. The molecule has 1 saturated heterocycles. The molecule has 222 valence electrons. The molecule has 0 saturated carbocycles. The lowest BCUT2D eigenvalue weighted by atomic mass is 10.0. The fourth-order valence-corrected chi connectivity index (χ4v) is 5.83. The first-order valence-electron chi connectivity index (χ1n) is 14.6. The molecule has 0 amide bonds. The minimum Gasteiger partial charge on any atom is -0.383 e. The van der Waals surface area contributed by atoms with Crippen LogP contribution in [0.3, 0.4) is 0 Å². The summed E-state index contributed by atoms with van der Waals surface area (Å²) in [5, 5.41) is 13.0. The smallest absolute Gasteiger partial charge is 0.236 e. The standard InChI is InChI=1S/C33H28ClN11/c34-23-4-1-3-22(17-23)27-10-11-28-32(41-27)45(31(42-28)26-5-2-14-37-30(26)36)25-8-6-21(7-9-25)19-44-15-12-24(13-16-44)40-33-39-20-38-29(18-35)43-33/h1-11,14,17,20,24H,12-13,15-16,19H2,(H2,36,37)(H,38,39,40,43). The van der Waals surface area contributed by atoms with E-state index >= 15 is 0 Å². The maximum Gasteiger partial charge on any atom is 0.236 e. The zero-order valence-corrected chi connectivity index (χ0v) is 24.9. The van der Waals surface area contributed by atoms with Gasteiger partial charge in [-0.2, -0.15) is 10.2 Å². The second kappa shape index (κ2) is 12.3. The van der Waals surface area contributed by atoms with Crippen LogP contribution >= 0.6 is 11.6 Å². The van der Waals surface area contributed by atoms with Crippen molar-refractivity contribution in [3.8, 4) is 34.4 Å². The normalized spacial score (nSPS) is 14.0. The summed E-state index contributed by atoms with van der Waals surface area (Å²) < 4.78 is 2.04. The van der Waals surface area contributed by atoms with Crippen molar-refractivity contribution in [1.82, 2.24) is 39.4 Å². The lowest BCUT2D eigenvalue weighted by Crippen LogP contribution is -2.39. The summed E-state index contributed by atoms with van der Waals surface area (Å²) in [7, 11) is 0. The van der Waals surface area contributed by atoms with E-state index in [4.69, 9.17) is 32.6 Å². The van der Waals surface area contributed by atoms with Gasteiger partial charge in [0.1, 0.15) is 23.7 Å². The summed E-state index contributed by atoms with van der Waals surface area (Å²) in [6, 6.07) is 26.1. The minimum absolute atomic E-state index is 0.116. The Hall–Kier alpha value is -5.44. The molecule has 1 fully saturated rings. The number of hydrogen-bond acceptors (Lipinski definition) is 10. The summed E-state index contributed by atoms with van der Waals surface area (Å²) in [6.07, 6.45) is 4.93. The molecule has 6 aromatic rings. The van der Waals surface area contributed by atoms with E-state index in [1.54, 1.807) is 6.20 Å². The van der Waals surface area contributed by atoms with Crippen LogP contribution in [0, 0.1) is 11.3 Å². The van der Waals surface area contributed by atoms with Crippen molar-refractivity contribution in [3.05, 3.63) is 102 Å². The number of nitrogens with zero attached hydrogens (tertiary/aromatic N) is 9. The molecule has 4 aromatic heterocycles. The molecule has 0 radical (unpaired) electrons. The summed E-state index contributed by atoms with van der Waals surface area (Å²) in [6.45, 7) is 2.70. The zero-order chi connectivity index (χ0) is 30.8. The number of imidazole rings is 1. The number of fused-ring (bicyclic) bond motifs is 1. The lowest BCUT2D eigenvalue weighted by Gasteiger charge is -2.32. The molecule has 7 rings (SSSR count). The quantitative estimate of drug-likeness (QED) is 0.236. The van der Waals surface area contributed by atoms with Crippen LogP contribution in [0.15, 0.2) is 85.3 Å². The fraction of sp³-hybridized carbons (Fsp3) is 0.182. The molecule has 1 aliphatic rings. The van der Waals surface area contributed by atoms with E-state index in [0.29, 0.717) is 28.3 Å². The summed E-state index contributed by atoms with van der Waals surface area (Å²) >= 11 is 6.29. The van der Waals surface area contributed by atoms with Crippen LogP contribution in [-0.4, -0.2) is 58.5 Å². The fourth-order valence-electron chi connectivity index (χ4n) is 5.64. The number of rotatable bonds is 7. The van der Waals surface area contributed by atoms with E-state index in [0.717, 1.165) is 60.5 Å². The van der Waals surface area contributed by atoms with Gasteiger partial charge < -0.3 is 11.1 Å². The molecule has 0 bridgehead atoms. The van der Waals surface area contributed by atoms with Crippen molar-refractivity contribution in [1.29, 1.82) is 5.26 Å². The Bertz CT molecular complexity index is 2030. The highest BCUT2D eigenvalue weighted by atomic mass is 35.5. The molecule has 0 aliphatic carbocycles. The molecular weight excluding hydrogens is 586 g/mol. The number of piperidine rings is 1. The number of nitriles is 1. The zero-order valence-electron chi connectivity index (χ0n) is 24.2. The van der Waals surface area contributed by atoms with E-state index in [1.165, 1.54) is 11.9 Å². The average molecular weight is 614 g/mol. The third-order valence-electron chi connectivity index (χ3n) is 7.90. The van der Waals surface area contributed by atoms with Crippen LogP contribution in [0.5, 0.6) is 0 Å². The van der Waals surface area contributed by atoms with Gasteiger partial charge >= 0.3 is 0 Å². The van der Waals surface area contributed by atoms with Gasteiger partial charge in [0, 0.05) is 48.1 Å². The van der Waals surface area contributed by atoms with Gasteiger partial charge in [0.2, 0.25) is 11.8 Å². The Balaban J connectivity index is 1.13. The second-order valence-electron chi connectivity index (χ2n) is 10.9. The summed E-state index contributed by atoms with van der Waals surface area (Å²) in [5.41, 5.74) is 12.4. The molecule has 45 heavy (non-hydrogen) atoms. The van der Waals surface area contributed by atoms with Crippen molar-refractivity contribution in [2.24, 2.45) is 0 Å². The Morgan fingerprint density at radius 1 is 0.933 bits per heavy atom. The van der Waals surface area contributed by atoms with Gasteiger partial charge in [-0.3, -0.25) is 9.47 Å². The lowest BCUT2D eigenvalue weighted by molar-refractivity contribution is 0.211. The first-order valence-corrected chi connectivity index (χ1v) is 15.0. The van der Waals surface area contributed by atoms with Crippen molar-refractivity contribution < 1.29 is 0 Å². The highest BCUT2D eigenvalue weighted by molar-refractivity contribution is 6.30. The van der Waals surface area contributed by atoms with Gasteiger partial charge in [-0.05, 0) is 66.9 Å². The number of aromatic nitrogens is 7. The number of hydrogen-bond donors (Lipinski definition) is 2. The van der Waals surface area contributed by atoms with Gasteiger partial charge in [-0.15, -0.1) is 0 Å². The highest BCUT2D eigenvalue weighted by Crippen LogP contribution is 2.32. The number of likely N-dealkylation sites (tertiary alicyclic amines) is 1. The van der Waals surface area contributed by atoms with Crippen molar-refractivity contribution in [2.75, 3.05) is 24.1 Å². The van der Waals surface area contributed by atoms with E-state index in [1.807, 2.05) is 59.2 Å². The van der Waals surface area contributed by atoms with Gasteiger partial charge in [0.25, 0.3) is 0 Å². The van der Waals surface area contributed by atoms with Crippen molar-refractivity contribution in [3.63, 3.8) is 0 Å². The predicted octanol–water partition coefficient (Wildman–Crippen LogP) is 5.52. The third kappa shape index (κ3) is 6.02. The summed E-state index contributed by atoms with van der Waals surface area (Å²) in [4.78, 5) is 28.9. The molecule has 11 nitrogen and oxygen atoms in total. The molecule has 5 heterocycles. The van der Waals surface area contributed by atoms with Crippen LogP contribution in [0.25, 0.3) is 39.5 Å². The monoisotopic (exact) mass is 613 g/mol. The van der Waals surface area contributed by atoms with Crippen molar-refractivity contribution >= 4 is 34.5 Å². The predicted molar refractivity (Wildman–Crippen MR) is 173 cm³/mol. The number of benzene rings is 2. The van der Waals surface area contributed by atoms with Crippen LogP contribution in [0.4, 0.5) is 11.8 Å². The average Bonchev–Trinajstić information content (AvgIpc) is 3.45. The topological polar surface area (TPSA) is 147 Å². The third-order valence-corrected chi connectivity index (χ3v) is 8.13. The Kier molecular flexibility index (Phi) is 7.73. The van der Waals surface area contributed by atoms with E-state index in [-0.39, 0.29) is 11.9 Å². The molecule has 0 spiro atoms. The Morgan fingerprint density at radius 2 is 1.78 bits per heavy atom. The first kappa shape index (κ1) is 28.3. The van der Waals surface area contributed by atoms with E-state index in [9.17, 15) is 0 Å². The van der Waals surface area contributed by atoms with E-state index < -0.39 is 0 Å². The van der Waals surface area contributed by atoms with Crippen LogP contribution in [-0.2, 0) is 6.54 Å². The van der Waals surface area contributed by atoms with Crippen LogP contribution in [0.2, 0.25) is 5.02 Å². The second-order valence-corrected chi connectivity index (χ2v) is 11.3. The molecule has 0 atom stereocenters. The van der Waals surface area contributed by atoms with Crippen LogP contribution in [0.1, 0.15) is 24.2 Å². The number of pyridine rings is 2. The number of anilines is 2. The van der Waals surface area contributed by atoms with Gasteiger partial charge in [0.05, 0.1) is 11.3 Å². The van der Waals surface area contributed by atoms with Gasteiger partial charge in [-0.1, -0.05) is 35.9 Å². The van der Waals surface area contributed by atoms with Crippen LogP contribution < -0.4 is 11.1 Å². The molecule has 1 aliphatic heterocycles. The highest BCUT2D eigenvalue weighted by Gasteiger charge is 2.21. The molecular formula is C33H28ClN11. The van der Waals surface area contributed by atoms with E-state index in [2.05, 4.69) is 54.4 Å². The maximum atomic E-state index is 9.04. The van der Waals surface area contributed by atoms with Crippen molar-refractivity contribution in [2.45, 2.75) is 25.4 Å².